The topological polar surface area (TPSA) is 77.8 Å². The number of rotatable bonds is 5. The molecule has 3 aromatic heterocycles. The third-order valence-electron chi connectivity index (χ3n) is 11.1. The van der Waals surface area contributed by atoms with Crippen molar-refractivity contribution in [1.82, 2.24) is 19.9 Å². The summed E-state index contributed by atoms with van der Waals surface area (Å²) in [5.41, 5.74) is 15.2. The Morgan fingerprint density at radius 2 is 1.09 bits per heavy atom. The molecule has 11 rings (SSSR count). The Balaban J connectivity index is 1.08. The highest BCUT2D eigenvalue weighted by Crippen LogP contribution is 2.51. The van der Waals surface area contributed by atoms with Crippen LogP contribution in [0.3, 0.4) is 0 Å². The second-order valence-corrected chi connectivity index (χ2v) is 14.7. The van der Waals surface area contributed by atoms with Crippen molar-refractivity contribution in [2.24, 2.45) is 0 Å². The summed E-state index contributed by atoms with van der Waals surface area (Å²) in [5.74, 6) is 1.88. The van der Waals surface area contributed by atoms with Gasteiger partial charge in [0, 0.05) is 32.9 Å². The summed E-state index contributed by atoms with van der Waals surface area (Å²) < 4.78 is 12.3. The zero-order valence-electron chi connectivity index (χ0n) is 30.1. The first-order chi connectivity index (χ1) is 27.0. The molecule has 1 aliphatic carbocycles. The summed E-state index contributed by atoms with van der Waals surface area (Å²) in [7, 11) is 0. The van der Waals surface area contributed by atoms with Gasteiger partial charge in [0.15, 0.2) is 29.4 Å². The molecule has 0 saturated carbocycles. The van der Waals surface area contributed by atoms with Gasteiger partial charge in [0.25, 0.3) is 0 Å². The van der Waals surface area contributed by atoms with E-state index in [1.807, 2.05) is 72.8 Å². The lowest BCUT2D eigenvalue weighted by Gasteiger charge is -2.22. The van der Waals surface area contributed by atoms with Gasteiger partial charge in [0.1, 0.15) is 16.7 Å². The zero-order chi connectivity index (χ0) is 36.7. The Morgan fingerprint density at radius 1 is 0.436 bits per heavy atom. The van der Waals surface area contributed by atoms with Crippen molar-refractivity contribution in [2.45, 2.75) is 19.3 Å². The molecule has 0 atom stereocenters. The number of nitrogens with zero attached hydrogens (tertiary/aromatic N) is 4. The van der Waals surface area contributed by atoms with E-state index in [2.05, 4.69) is 97.7 Å². The minimum Gasteiger partial charge on any atom is -0.456 e. The first-order valence-corrected chi connectivity index (χ1v) is 18.4. The molecule has 0 saturated heterocycles. The molecule has 0 bridgehead atoms. The smallest absolute Gasteiger partial charge is 0.181 e. The molecule has 0 aliphatic heterocycles. The molecule has 3 heterocycles. The van der Waals surface area contributed by atoms with E-state index in [4.69, 9.17) is 23.8 Å². The predicted octanol–water partition coefficient (Wildman–Crippen LogP) is 12.6. The molecular weight excluding hydrogens is 677 g/mol. The SMILES string of the molecule is CC1(C)c2cc(-c3cc(-c4cccc(-c5nc(-c6ccccc6)nc(-c6ccccc6)n5)c4)cc4oc5ccccc5c34)ccc2-c2cc3ncoc3cc21. The number of hydrogen-bond donors (Lipinski definition) is 0. The van der Waals surface area contributed by atoms with Crippen molar-refractivity contribution in [3.63, 3.8) is 0 Å². The lowest BCUT2D eigenvalue weighted by molar-refractivity contribution is 0.598. The monoisotopic (exact) mass is 708 g/mol. The van der Waals surface area contributed by atoms with Gasteiger partial charge >= 0.3 is 0 Å². The van der Waals surface area contributed by atoms with Gasteiger partial charge in [-0.3, -0.25) is 0 Å². The molecule has 10 aromatic rings. The maximum absolute atomic E-state index is 6.59. The van der Waals surface area contributed by atoms with Gasteiger partial charge in [-0.15, -0.1) is 0 Å². The fourth-order valence-electron chi connectivity index (χ4n) is 8.28. The van der Waals surface area contributed by atoms with E-state index in [0.717, 1.165) is 72.0 Å². The van der Waals surface area contributed by atoms with Crippen LogP contribution in [0, 0.1) is 0 Å². The normalized spacial score (nSPS) is 13.1. The van der Waals surface area contributed by atoms with Crippen molar-refractivity contribution >= 4 is 33.0 Å². The van der Waals surface area contributed by atoms with Gasteiger partial charge < -0.3 is 8.83 Å². The second-order valence-electron chi connectivity index (χ2n) is 14.7. The summed E-state index contributed by atoms with van der Waals surface area (Å²) in [5, 5.41) is 2.19. The van der Waals surface area contributed by atoms with E-state index in [9.17, 15) is 0 Å². The Bertz CT molecular complexity index is 3070. The zero-order valence-corrected chi connectivity index (χ0v) is 30.1. The van der Waals surface area contributed by atoms with Crippen LogP contribution >= 0.6 is 0 Å². The predicted molar refractivity (Wildman–Crippen MR) is 219 cm³/mol. The van der Waals surface area contributed by atoms with Gasteiger partial charge in [-0.2, -0.15) is 0 Å². The molecule has 7 aromatic carbocycles. The first-order valence-electron chi connectivity index (χ1n) is 18.4. The van der Waals surface area contributed by atoms with Crippen molar-refractivity contribution in [2.75, 3.05) is 0 Å². The van der Waals surface area contributed by atoms with E-state index < -0.39 is 0 Å². The molecule has 0 N–H and O–H groups in total. The molecule has 1 aliphatic rings. The highest BCUT2D eigenvalue weighted by Gasteiger charge is 2.36. The van der Waals surface area contributed by atoms with Gasteiger partial charge in [-0.05, 0) is 87.0 Å². The highest BCUT2D eigenvalue weighted by molar-refractivity contribution is 6.14. The number of para-hydroxylation sites is 1. The third-order valence-corrected chi connectivity index (χ3v) is 11.1. The minimum absolute atomic E-state index is 0.229. The van der Waals surface area contributed by atoms with E-state index in [1.165, 1.54) is 28.6 Å². The van der Waals surface area contributed by atoms with Crippen LogP contribution in [0.2, 0.25) is 0 Å². The summed E-state index contributed by atoms with van der Waals surface area (Å²) in [6.45, 7) is 4.59. The van der Waals surface area contributed by atoms with Crippen LogP contribution in [0.5, 0.6) is 0 Å². The summed E-state index contributed by atoms with van der Waals surface area (Å²) in [4.78, 5) is 19.4. The Labute approximate surface area is 316 Å². The maximum atomic E-state index is 6.59. The maximum Gasteiger partial charge on any atom is 0.181 e. The number of benzene rings is 7. The van der Waals surface area contributed by atoms with Gasteiger partial charge in [-0.25, -0.2) is 19.9 Å². The molecule has 260 valence electrons. The number of fused-ring (bicyclic) bond motifs is 7. The summed E-state index contributed by atoms with van der Waals surface area (Å²) in [6.07, 6.45) is 1.52. The standard InChI is InChI=1S/C49H32N4O2/c1-49(2)39-24-32(20-21-35(39)38-26-41-43(27-40(38)49)54-28-50-41)37-23-34(25-44-45(37)36-18-9-10-19-42(36)55-44)31-16-11-17-33(22-31)48-52-46(29-12-5-3-6-13-29)51-47(53-48)30-14-7-4-8-15-30/h3-28H,1-2H3. The van der Waals surface area contributed by atoms with Crippen LogP contribution < -0.4 is 0 Å². The molecule has 6 nitrogen and oxygen atoms in total. The number of aromatic nitrogens is 4. The second kappa shape index (κ2) is 11.9. The molecule has 0 spiro atoms. The number of oxazole rings is 1. The van der Waals surface area contributed by atoms with Gasteiger partial charge in [-0.1, -0.05) is 123 Å². The summed E-state index contributed by atoms with van der Waals surface area (Å²) >= 11 is 0. The average Bonchev–Trinajstić information content (AvgIpc) is 3.92. The lowest BCUT2D eigenvalue weighted by Crippen LogP contribution is -2.15. The third kappa shape index (κ3) is 5.02. The van der Waals surface area contributed by atoms with Crippen LogP contribution in [0.1, 0.15) is 25.0 Å². The van der Waals surface area contributed by atoms with Gasteiger partial charge in [0.05, 0.1) is 0 Å². The number of hydrogen-bond acceptors (Lipinski definition) is 6. The molecule has 55 heavy (non-hydrogen) atoms. The van der Waals surface area contributed by atoms with Crippen molar-refractivity contribution in [1.29, 1.82) is 0 Å². The quantitative estimate of drug-likeness (QED) is 0.177. The van der Waals surface area contributed by atoms with Crippen molar-refractivity contribution < 1.29 is 8.83 Å². The molecule has 0 unspecified atom stereocenters. The van der Waals surface area contributed by atoms with Crippen LogP contribution in [0.25, 0.3) is 101 Å². The van der Waals surface area contributed by atoms with Crippen LogP contribution in [-0.2, 0) is 5.41 Å². The molecule has 0 amide bonds. The first kappa shape index (κ1) is 31.4. The molecule has 0 fully saturated rings. The molecule has 0 radical (unpaired) electrons. The van der Waals surface area contributed by atoms with Crippen LogP contribution in [0.15, 0.2) is 167 Å². The Kier molecular flexibility index (Phi) is 6.79. The van der Waals surface area contributed by atoms with E-state index in [1.54, 1.807) is 0 Å². The Hall–Kier alpha value is -7.18. The van der Waals surface area contributed by atoms with Crippen LogP contribution in [-0.4, -0.2) is 19.9 Å². The fraction of sp³-hybridized carbons (Fsp3) is 0.0612. The van der Waals surface area contributed by atoms with E-state index in [-0.39, 0.29) is 5.41 Å². The fourth-order valence-corrected chi connectivity index (χ4v) is 8.28. The van der Waals surface area contributed by atoms with E-state index in [0.29, 0.717) is 17.5 Å². The van der Waals surface area contributed by atoms with Crippen molar-refractivity contribution in [3.8, 4) is 67.5 Å². The number of furan rings is 1. The Morgan fingerprint density at radius 3 is 1.85 bits per heavy atom. The molecule has 6 heteroatoms. The highest BCUT2D eigenvalue weighted by atomic mass is 16.3. The van der Waals surface area contributed by atoms with Crippen molar-refractivity contribution in [3.05, 3.63) is 169 Å². The largest absolute Gasteiger partial charge is 0.456 e. The summed E-state index contributed by atoms with van der Waals surface area (Å²) in [6, 6.07) is 52.5. The van der Waals surface area contributed by atoms with E-state index >= 15 is 0 Å². The van der Waals surface area contributed by atoms with Crippen LogP contribution in [0.4, 0.5) is 0 Å². The molecular formula is C49H32N4O2. The average molecular weight is 709 g/mol. The lowest BCUT2D eigenvalue weighted by atomic mass is 9.81. The van der Waals surface area contributed by atoms with Gasteiger partial charge in [0.2, 0.25) is 0 Å². The minimum atomic E-state index is -0.229.